The van der Waals surface area contributed by atoms with Crippen molar-refractivity contribution in [3.8, 4) is 5.75 Å². The first-order valence-corrected chi connectivity index (χ1v) is 9.89. The van der Waals surface area contributed by atoms with Crippen molar-refractivity contribution in [1.82, 2.24) is 4.90 Å². The molecule has 1 aromatic heterocycles. The lowest BCUT2D eigenvalue weighted by molar-refractivity contribution is -0.685. The SMILES string of the molecule is O=C(C[n+]1cccc(C(=O)N2C(=O)OC[C@@H]2Cc2ccccc2)c1)Oc1ccccc1. The van der Waals surface area contributed by atoms with Gasteiger partial charge in [-0.2, -0.15) is 4.57 Å². The molecule has 2 aromatic carbocycles. The van der Waals surface area contributed by atoms with E-state index >= 15 is 0 Å². The summed E-state index contributed by atoms with van der Waals surface area (Å²) in [6.07, 6.45) is 3.03. The van der Waals surface area contributed by atoms with Crippen LogP contribution in [0.15, 0.2) is 85.2 Å². The highest BCUT2D eigenvalue weighted by molar-refractivity contribution is 6.03. The predicted octanol–water partition coefficient (Wildman–Crippen LogP) is 2.78. The highest BCUT2D eigenvalue weighted by Gasteiger charge is 2.39. The predicted molar refractivity (Wildman–Crippen MR) is 110 cm³/mol. The first-order chi connectivity index (χ1) is 15.1. The number of benzene rings is 2. The van der Waals surface area contributed by atoms with Crippen molar-refractivity contribution in [2.24, 2.45) is 0 Å². The molecule has 31 heavy (non-hydrogen) atoms. The number of para-hydroxylation sites is 1. The Morgan fingerprint density at radius 2 is 1.71 bits per heavy atom. The molecule has 1 saturated heterocycles. The maximum absolute atomic E-state index is 13.1. The van der Waals surface area contributed by atoms with Crippen LogP contribution in [0.3, 0.4) is 0 Å². The average molecular weight is 417 g/mol. The Hall–Kier alpha value is -4.00. The molecule has 0 aliphatic carbocycles. The zero-order chi connectivity index (χ0) is 21.6. The Kier molecular flexibility index (Phi) is 6.03. The van der Waals surface area contributed by atoms with E-state index in [2.05, 4.69) is 0 Å². The number of nitrogens with zero attached hydrogens (tertiary/aromatic N) is 2. The molecular formula is C24H21N2O5+. The Labute approximate surface area is 179 Å². The molecule has 4 rings (SSSR count). The summed E-state index contributed by atoms with van der Waals surface area (Å²) in [6, 6.07) is 21.2. The minimum atomic E-state index is -0.662. The van der Waals surface area contributed by atoms with E-state index in [1.807, 2.05) is 36.4 Å². The Morgan fingerprint density at radius 3 is 2.45 bits per heavy atom. The first kappa shape index (κ1) is 20.3. The molecule has 0 saturated carbocycles. The molecule has 7 heteroatoms. The molecule has 3 aromatic rings. The van der Waals surface area contributed by atoms with Crippen molar-refractivity contribution in [2.45, 2.75) is 19.0 Å². The number of amides is 2. The number of carbonyl (C=O) groups excluding carboxylic acids is 3. The zero-order valence-electron chi connectivity index (χ0n) is 16.7. The molecular weight excluding hydrogens is 396 g/mol. The summed E-state index contributed by atoms with van der Waals surface area (Å²) in [7, 11) is 0. The zero-order valence-corrected chi connectivity index (χ0v) is 16.7. The fraction of sp³-hybridized carbons (Fsp3) is 0.167. The van der Waals surface area contributed by atoms with E-state index in [9.17, 15) is 14.4 Å². The fourth-order valence-electron chi connectivity index (χ4n) is 3.43. The number of carbonyl (C=O) groups is 3. The van der Waals surface area contributed by atoms with E-state index < -0.39 is 18.0 Å². The van der Waals surface area contributed by atoms with Gasteiger partial charge in [-0.05, 0) is 30.2 Å². The molecule has 156 valence electrons. The quantitative estimate of drug-likeness (QED) is 0.350. The maximum Gasteiger partial charge on any atom is 0.417 e. The number of hydrogen-bond acceptors (Lipinski definition) is 5. The van der Waals surface area contributed by atoms with Crippen LogP contribution in [-0.4, -0.2) is 35.5 Å². The topological polar surface area (TPSA) is 76.8 Å². The van der Waals surface area contributed by atoms with Gasteiger partial charge in [0.15, 0.2) is 12.4 Å². The lowest BCUT2D eigenvalue weighted by Crippen LogP contribution is -2.43. The molecule has 2 amide bonds. The highest BCUT2D eigenvalue weighted by Crippen LogP contribution is 2.20. The maximum atomic E-state index is 13.1. The summed E-state index contributed by atoms with van der Waals surface area (Å²) < 4.78 is 12.0. The number of rotatable bonds is 6. The second kappa shape index (κ2) is 9.21. The van der Waals surface area contributed by atoms with Gasteiger partial charge in [-0.25, -0.2) is 14.5 Å². The minimum Gasteiger partial charge on any atom is -0.447 e. The molecule has 2 heterocycles. The largest absolute Gasteiger partial charge is 0.447 e. The van der Waals surface area contributed by atoms with Gasteiger partial charge in [0.25, 0.3) is 5.91 Å². The highest BCUT2D eigenvalue weighted by atomic mass is 16.6. The van der Waals surface area contributed by atoms with Gasteiger partial charge >= 0.3 is 12.1 Å². The number of hydrogen-bond donors (Lipinski definition) is 0. The molecule has 1 aliphatic rings. The number of aromatic nitrogens is 1. The van der Waals surface area contributed by atoms with Gasteiger partial charge in [0.05, 0.1) is 6.04 Å². The molecule has 0 N–H and O–H groups in total. The normalized spacial score (nSPS) is 15.4. The second-order valence-electron chi connectivity index (χ2n) is 7.15. The third-order valence-electron chi connectivity index (χ3n) is 4.89. The molecule has 0 spiro atoms. The molecule has 0 unspecified atom stereocenters. The van der Waals surface area contributed by atoms with Gasteiger partial charge in [-0.1, -0.05) is 48.5 Å². The van der Waals surface area contributed by atoms with Crippen molar-refractivity contribution in [1.29, 1.82) is 0 Å². The van der Waals surface area contributed by atoms with Crippen molar-refractivity contribution >= 4 is 18.0 Å². The van der Waals surface area contributed by atoms with Crippen LogP contribution < -0.4 is 9.30 Å². The minimum absolute atomic E-state index is 0.0755. The van der Waals surface area contributed by atoms with Gasteiger partial charge in [-0.3, -0.25) is 4.79 Å². The molecule has 1 aliphatic heterocycles. The van der Waals surface area contributed by atoms with Crippen LogP contribution in [0.5, 0.6) is 5.75 Å². The number of esters is 1. The van der Waals surface area contributed by atoms with Crippen LogP contribution in [-0.2, 0) is 22.5 Å². The molecule has 1 fully saturated rings. The number of imide groups is 1. The number of ether oxygens (including phenoxy) is 2. The van der Waals surface area contributed by atoms with Crippen molar-refractivity contribution in [3.63, 3.8) is 0 Å². The Morgan fingerprint density at radius 1 is 1.00 bits per heavy atom. The number of pyridine rings is 1. The van der Waals surface area contributed by atoms with Crippen molar-refractivity contribution in [2.75, 3.05) is 6.61 Å². The Bertz CT molecular complexity index is 1090. The van der Waals surface area contributed by atoms with Crippen molar-refractivity contribution in [3.05, 3.63) is 96.3 Å². The lowest BCUT2D eigenvalue weighted by atomic mass is 10.1. The van der Waals surface area contributed by atoms with E-state index in [1.165, 1.54) is 6.20 Å². The van der Waals surface area contributed by atoms with E-state index in [0.717, 1.165) is 10.5 Å². The summed E-state index contributed by atoms with van der Waals surface area (Å²) >= 11 is 0. The summed E-state index contributed by atoms with van der Waals surface area (Å²) in [6.45, 7) is 0.0730. The van der Waals surface area contributed by atoms with Crippen LogP contribution in [0, 0.1) is 0 Å². The van der Waals surface area contributed by atoms with Crippen LogP contribution >= 0.6 is 0 Å². The fourth-order valence-corrected chi connectivity index (χ4v) is 3.43. The third kappa shape index (κ3) is 4.95. The first-order valence-electron chi connectivity index (χ1n) is 9.89. The van der Waals surface area contributed by atoms with Gasteiger partial charge < -0.3 is 9.47 Å². The van der Waals surface area contributed by atoms with Gasteiger partial charge in [-0.15, -0.1) is 0 Å². The Balaban J connectivity index is 1.46. The summed E-state index contributed by atoms with van der Waals surface area (Å²) in [5, 5.41) is 0. The molecule has 0 radical (unpaired) electrons. The monoisotopic (exact) mass is 417 g/mol. The van der Waals surface area contributed by atoms with Crippen LogP contribution in [0.4, 0.5) is 4.79 Å². The summed E-state index contributed by atoms with van der Waals surface area (Å²) in [5.74, 6) is -0.485. The summed E-state index contributed by atoms with van der Waals surface area (Å²) in [5.41, 5.74) is 1.29. The average Bonchev–Trinajstić information content (AvgIpc) is 3.14. The lowest BCUT2D eigenvalue weighted by Gasteiger charge is -2.19. The smallest absolute Gasteiger partial charge is 0.417 e. The van der Waals surface area contributed by atoms with E-state index in [0.29, 0.717) is 12.2 Å². The molecule has 0 bridgehead atoms. The molecule has 1 atom stereocenters. The van der Waals surface area contributed by atoms with E-state index in [1.54, 1.807) is 47.2 Å². The molecule has 7 nitrogen and oxygen atoms in total. The second-order valence-corrected chi connectivity index (χ2v) is 7.15. The third-order valence-corrected chi connectivity index (χ3v) is 4.89. The van der Waals surface area contributed by atoms with Gasteiger partial charge in [0, 0.05) is 6.07 Å². The van der Waals surface area contributed by atoms with Crippen LogP contribution in [0.25, 0.3) is 0 Å². The standard InChI is InChI=1S/C24H21N2O5/c27-22(31-21-11-5-2-6-12-21)16-25-13-7-10-19(15-25)23(28)26-20(17-30-24(26)29)14-18-8-3-1-4-9-18/h1-13,15,20H,14,16-17H2/q+1/t20-/m0/s1. The van der Waals surface area contributed by atoms with Gasteiger partial charge in [0.2, 0.25) is 6.54 Å². The summed E-state index contributed by atoms with van der Waals surface area (Å²) in [4.78, 5) is 38.7. The van der Waals surface area contributed by atoms with Crippen molar-refractivity contribution < 1.29 is 28.4 Å². The van der Waals surface area contributed by atoms with E-state index in [4.69, 9.17) is 9.47 Å². The van der Waals surface area contributed by atoms with Gasteiger partial charge in [0.1, 0.15) is 17.9 Å². The number of cyclic esters (lactones) is 1. The van der Waals surface area contributed by atoms with Crippen LogP contribution in [0.2, 0.25) is 0 Å². The van der Waals surface area contributed by atoms with E-state index in [-0.39, 0.29) is 24.8 Å². The van der Waals surface area contributed by atoms with Crippen LogP contribution in [0.1, 0.15) is 15.9 Å².